The van der Waals surface area contributed by atoms with Crippen molar-refractivity contribution in [3.8, 4) is 0 Å². The van der Waals surface area contributed by atoms with Crippen molar-refractivity contribution in [3.63, 3.8) is 0 Å². The van der Waals surface area contributed by atoms with Gasteiger partial charge >= 0.3 is 0 Å². The summed E-state index contributed by atoms with van der Waals surface area (Å²) < 4.78 is 1.66. The minimum absolute atomic E-state index is 0.0257. The molecule has 1 fully saturated rings. The number of amides is 1. The highest BCUT2D eigenvalue weighted by atomic mass is 16.2. The van der Waals surface area contributed by atoms with Gasteiger partial charge in [0.1, 0.15) is 6.54 Å². The molecule has 0 saturated carbocycles. The second kappa shape index (κ2) is 6.44. The summed E-state index contributed by atoms with van der Waals surface area (Å²) in [5.41, 5.74) is 8.16. The summed E-state index contributed by atoms with van der Waals surface area (Å²) in [6, 6.07) is 0.359. The fourth-order valence-corrected chi connectivity index (χ4v) is 2.61. The van der Waals surface area contributed by atoms with Crippen molar-refractivity contribution in [3.05, 3.63) is 11.4 Å². The molecule has 1 aromatic heterocycles. The van der Waals surface area contributed by atoms with Gasteiger partial charge < -0.3 is 16.0 Å². The number of nitrogens with zero attached hydrogens (tertiary/aromatic N) is 4. The molecule has 1 atom stereocenters. The Labute approximate surface area is 126 Å². The zero-order chi connectivity index (χ0) is 15.6. The van der Waals surface area contributed by atoms with Crippen LogP contribution in [-0.2, 0) is 11.3 Å². The third-order valence-corrected chi connectivity index (χ3v) is 4.25. The Morgan fingerprint density at radius 1 is 1.38 bits per heavy atom. The van der Waals surface area contributed by atoms with E-state index in [1.54, 1.807) is 4.68 Å². The molecule has 0 radical (unpaired) electrons. The quantitative estimate of drug-likeness (QED) is 0.778. The van der Waals surface area contributed by atoms with Crippen LogP contribution < -0.4 is 11.1 Å². The van der Waals surface area contributed by atoms with Crippen LogP contribution >= 0.6 is 0 Å². The SMILES string of the molecule is Cc1nn(CC(=O)NCC2CN(C)CCN2C)c(C)c1N. The molecule has 1 aliphatic heterocycles. The van der Waals surface area contributed by atoms with Gasteiger partial charge in [0.15, 0.2) is 0 Å². The highest BCUT2D eigenvalue weighted by Gasteiger charge is 2.22. The van der Waals surface area contributed by atoms with Gasteiger partial charge in [-0.15, -0.1) is 0 Å². The normalized spacial score (nSPS) is 20.7. The topological polar surface area (TPSA) is 79.4 Å². The zero-order valence-electron chi connectivity index (χ0n) is 13.4. The number of anilines is 1. The lowest BCUT2D eigenvalue weighted by molar-refractivity contribution is -0.122. The predicted molar refractivity (Wildman–Crippen MR) is 83.0 cm³/mol. The molecule has 3 N–H and O–H groups in total. The van der Waals surface area contributed by atoms with E-state index in [0.717, 1.165) is 31.0 Å². The van der Waals surface area contributed by atoms with Gasteiger partial charge in [-0.2, -0.15) is 5.10 Å². The number of carbonyl (C=O) groups is 1. The summed E-state index contributed by atoms with van der Waals surface area (Å²) in [6.45, 7) is 7.70. The van der Waals surface area contributed by atoms with Crippen molar-refractivity contribution in [2.75, 3.05) is 46.0 Å². The molecule has 0 aliphatic carbocycles. The summed E-state index contributed by atoms with van der Waals surface area (Å²) in [5.74, 6) is -0.0257. The lowest BCUT2D eigenvalue weighted by Gasteiger charge is -2.37. The van der Waals surface area contributed by atoms with E-state index in [4.69, 9.17) is 5.73 Å². The first kappa shape index (κ1) is 15.8. The maximum absolute atomic E-state index is 12.1. The molecule has 2 rings (SSSR count). The second-order valence-corrected chi connectivity index (χ2v) is 5.94. The van der Waals surface area contributed by atoms with Crippen molar-refractivity contribution >= 4 is 11.6 Å². The highest BCUT2D eigenvalue weighted by Crippen LogP contribution is 2.14. The number of nitrogen functional groups attached to an aromatic ring is 1. The van der Waals surface area contributed by atoms with Gasteiger partial charge in [-0.25, -0.2) is 0 Å². The van der Waals surface area contributed by atoms with E-state index in [-0.39, 0.29) is 12.5 Å². The summed E-state index contributed by atoms with van der Waals surface area (Å²) in [6.07, 6.45) is 0. The molecule has 1 unspecified atom stereocenters. The molecule has 1 saturated heterocycles. The Morgan fingerprint density at radius 2 is 2.10 bits per heavy atom. The average Bonchev–Trinajstić information content (AvgIpc) is 2.67. The van der Waals surface area contributed by atoms with Gasteiger partial charge in [-0.3, -0.25) is 14.4 Å². The van der Waals surface area contributed by atoms with Crippen molar-refractivity contribution in [1.82, 2.24) is 24.9 Å². The third-order valence-electron chi connectivity index (χ3n) is 4.25. The number of nitrogens with one attached hydrogen (secondary N) is 1. The molecule has 7 nitrogen and oxygen atoms in total. The standard InChI is InChI=1S/C14H26N6O/c1-10-14(15)11(2)20(17-10)9-13(21)16-7-12-8-18(3)5-6-19(12)4/h12H,5-9,15H2,1-4H3,(H,16,21). The molecule has 1 aromatic rings. The minimum Gasteiger partial charge on any atom is -0.396 e. The fraction of sp³-hybridized carbons (Fsp3) is 0.714. The van der Waals surface area contributed by atoms with Gasteiger partial charge in [-0.1, -0.05) is 0 Å². The first-order valence-electron chi connectivity index (χ1n) is 7.33. The Bertz CT molecular complexity index is 512. The lowest BCUT2D eigenvalue weighted by Crippen LogP contribution is -2.54. The van der Waals surface area contributed by atoms with Crippen LogP contribution in [0.3, 0.4) is 0 Å². The van der Waals surface area contributed by atoms with Crippen molar-refractivity contribution in [1.29, 1.82) is 0 Å². The fourth-order valence-electron chi connectivity index (χ4n) is 2.61. The molecule has 21 heavy (non-hydrogen) atoms. The van der Waals surface area contributed by atoms with E-state index in [1.165, 1.54) is 0 Å². The monoisotopic (exact) mass is 294 g/mol. The van der Waals surface area contributed by atoms with Crippen LogP contribution in [0.15, 0.2) is 0 Å². The molecule has 118 valence electrons. The number of nitrogens with two attached hydrogens (primary N) is 1. The molecule has 0 spiro atoms. The third kappa shape index (κ3) is 3.74. The van der Waals surface area contributed by atoms with Crippen molar-refractivity contribution in [2.45, 2.75) is 26.4 Å². The van der Waals surface area contributed by atoms with Crippen LogP contribution in [0.25, 0.3) is 0 Å². The first-order valence-corrected chi connectivity index (χ1v) is 7.33. The zero-order valence-corrected chi connectivity index (χ0v) is 13.4. The molecule has 1 aliphatic rings. The van der Waals surface area contributed by atoms with Gasteiger partial charge in [0.05, 0.1) is 17.1 Å². The van der Waals surface area contributed by atoms with Crippen LogP contribution in [0.5, 0.6) is 0 Å². The Kier molecular flexibility index (Phi) is 4.84. The average molecular weight is 294 g/mol. The number of carbonyl (C=O) groups excluding carboxylic acids is 1. The van der Waals surface area contributed by atoms with Crippen molar-refractivity contribution in [2.24, 2.45) is 0 Å². The van der Waals surface area contributed by atoms with Crippen LogP contribution in [0.4, 0.5) is 5.69 Å². The Balaban J connectivity index is 1.86. The van der Waals surface area contributed by atoms with E-state index in [2.05, 4.69) is 34.3 Å². The van der Waals surface area contributed by atoms with Crippen LogP contribution in [0.2, 0.25) is 0 Å². The number of aryl methyl sites for hydroxylation is 1. The minimum atomic E-state index is -0.0257. The number of piperazine rings is 1. The number of hydrogen-bond donors (Lipinski definition) is 2. The lowest BCUT2D eigenvalue weighted by atomic mass is 10.2. The van der Waals surface area contributed by atoms with Gasteiger partial charge in [0.2, 0.25) is 5.91 Å². The highest BCUT2D eigenvalue weighted by molar-refractivity contribution is 5.76. The molecule has 1 amide bonds. The second-order valence-electron chi connectivity index (χ2n) is 5.94. The summed E-state index contributed by atoms with van der Waals surface area (Å²) in [5, 5.41) is 7.28. The first-order chi connectivity index (χ1) is 9.88. The maximum atomic E-state index is 12.1. The Morgan fingerprint density at radius 3 is 2.71 bits per heavy atom. The molecule has 2 heterocycles. The van der Waals surface area contributed by atoms with E-state index in [9.17, 15) is 4.79 Å². The van der Waals surface area contributed by atoms with Crippen LogP contribution in [-0.4, -0.2) is 71.8 Å². The molecule has 0 bridgehead atoms. The summed E-state index contributed by atoms with van der Waals surface area (Å²) in [4.78, 5) is 16.7. The van der Waals surface area contributed by atoms with Gasteiger partial charge in [-0.05, 0) is 27.9 Å². The Hall–Kier alpha value is -1.60. The van der Waals surface area contributed by atoms with Gasteiger partial charge in [0.25, 0.3) is 0 Å². The summed E-state index contributed by atoms with van der Waals surface area (Å²) >= 11 is 0. The predicted octanol–water partition coefficient (Wildman–Crippen LogP) is -0.556. The van der Waals surface area contributed by atoms with E-state index < -0.39 is 0 Å². The molecule has 0 aromatic carbocycles. The number of rotatable bonds is 4. The van der Waals surface area contributed by atoms with E-state index in [1.807, 2.05) is 13.8 Å². The van der Waals surface area contributed by atoms with Crippen LogP contribution in [0, 0.1) is 13.8 Å². The maximum Gasteiger partial charge on any atom is 0.241 e. The largest absolute Gasteiger partial charge is 0.396 e. The van der Waals surface area contributed by atoms with Crippen molar-refractivity contribution < 1.29 is 4.79 Å². The number of hydrogen-bond acceptors (Lipinski definition) is 5. The molecular weight excluding hydrogens is 268 g/mol. The number of likely N-dealkylation sites (N-methyl/N-ethyl adjacent to an activating group) is 2. The van der Waals surface area contributed by atoms with E-state index >= 15 is 0 Å². The molecule has 7 heteroatoms. The van der Waals surface area contributed by atoms with Gasteiger partial charge in [0, 0.05) is 32.2 Å². The van der Waals surface area contributed by atoms with E-state index in [0.29, 0.717) is 18.3 Å². The summed E-state index contributed by atoms with van der Waals surface area (Å²) in [7, 11) is 4.21. The number of aromatic nitrogens is 2. The molecular formula is C14H26N6O. The smallest absolute Gasteiger partial charge is 0.241 e. The van der Waals surface area contributed by atoms with Crippen LogP contribution in [0.1, 0.15) is 11.4 Å².